The monoisotopic (exact) mass is 479 g/mol. The second kappa shape index (κ2) is 10.4. The normalized spacial score (nSPS) is 19.0. The van der Waals surface area contributed by atoms with Crippen molar-refractivity contribution in [2.75, 3.05) is 32.8 Å². The number of piperidine rings is 2. The summed E-state index contributed by atoms with van der Waals surface area (Å²) in [6, 6.07) is 6.31. The van der Waals surface area contributed by atoms with Gasteiger partial charge in [0, 0.05) is 43.6 Å². The molecule has 1 unspecified atom stereocenters. The molecule has 11 nitrogen and oxygen atoms in total. The molecule has 0 radical (unpaired) electrons. The highest BCUT2D eigenvalue weighted by atomic mass is 16.5. The van der Waals surface area contributed by atoms with E-state index in [2.05, 4.69) is 21.5 Å². The molecule has 11 heteroatoms. The third kappa shape index (κ3) is 5.10. The number of hydroxylamine groups is 1. The minimum atomic E-state index is -0.679. The largest absolute Gasteiger partial charge is 0.463 e. The standard InChI is InChI=1S/C24H29N7O4/c32-22(29-34)18-11-26-24(27-12-18)35-15-16-6-9-30(10-7-16)23(33)20-5-1-3-17-14-31(28-21(17)20)19-4-2-8-25-13-19/h1,3,5,11-12,14,16,19,25,34H,2,4,6-10,13,15H2,(H,29,32). The van der Waals surface area contributed by atoms with E-state index in [9.17, 15) is 9.59 Å². The molecular weight excluding hydrogens is 450 g/mol. The van der Waals surface area contributed by atoms with E-state index < -0.39 is 5.91 Å². The molecule has 2 amide bonds. The molecule has 0 bridgehead atoms. The van der Waals surface area contributed by atoms with Gasteiger partial charge in [-0.25, -0.2) is 15.4 Å². The topological polar surface area (TPSA) is 134 Å². The molecule has 3 N–H and O–H groups in total. The summed E-state index contributed by atoms with van der Waals surface area (Å²) in [6.07, 6.45) is 8.49. The van der Waals surface area contributed by atoms with Gasteiger partial charge in [0.2, 0.25) is 0 Å². The molecule has 4 heterocycles. The molecule has 5 rings (SSSR count). The summed E-state index contributed by atoms with van der Waals surface area (Å²) in [5.74, 6) is -0.387. The zero-order valence-corrected chi connectivity index (χ0v) is 19.4. The van der Waals surface area contributed by atoms with E-state index in [1.807, 2.05) is 27.8 Å². The third-order valence-corrected chi connectivity index (χ3v) is 6.77. The van der Waals surface area contributed by atoms with E-state index in [0.29, 0.717) is 31.3 Å². The number of ether oxygens (including phenoxy) is 1. The van der Waals surface area contributed by atoms with Crippen molar-refractivity contribution < 1.29 is 19.5 Å². The van der Waals surface area contributed by atoms with Crippen molar-refractivity contribution in [2.24, 2.45) is 5.92 Å². The second-order valence-corrected chi connectivity index (χ2v) is 9.09. The van der Waals surface area contributed by atoms with E-state index in [4.69, 9.17) is 15.0 Å². The van der Waals surface area contributed by atoms with Gasteiger partial charge in [-0.2, -0.15) is 5.10 Å². The first kappa shape index (κ1) is 23.2. The van der Waals surface area contributed by atoms with Gasteiger partial charge in [-0.05, 0) is 44.2 Å². The molecule has 2 saturated heterocycles. The summed E-state index contributed by atoms with van der Waals surface area (Å²) in [4.78, 5) is 34.6. The molecule has 2 aliphatic heterocycles. The lowest BCUT2D eigenvalue weighted by atomic mass is 9.97. The predicted molar refractivity (Wildman–Crippen MR) is 126 cm³/mol. The maximum atomic E-state index is 13.4. The Balaban J connectivity index is 1.18. The van der Waals surface area contributed by atoms with Crippen LogP contribution >= 0.6 is 0 Å². The van der Waals surface area contributed by atoms with Gasteiger partial charge in [0.1, 0.15) is 5.52 Å². The van der Waals surface area contributed by atoms with Gasteiger partial charge in [-0.3, -0.25) is 19.5 Å². The Bertz CT molecular complexity index is 1180. The van der Waals surface area contributed by atoms with Crippen molar-refractivity contribution in [1.82, 2.24) is 35.4 Å². The zero-order chi connectivity index (χ0) is 24.2. The molecule has 0 spiro atoms. The third-order valence-electron chi connectivity index (χ3n) is 6.77. The Morgan fingerprint density at radius 3 is 2.69 bits per heavy atom. The Labute approximate surface area is 202 Å². The van der Waals surface area contributed by atoms with E-state index >= 15 is 0 Å². The van der Waals surface area contributed by atoms with Crippen molar-refractivity contribution in [1.29, 1.82) is 0 Å². The SMILES string of the molecule is O=C(NO)c1cnc(OCC2CCN(C(=O)c3cccc4cn(C5CCCNC5)nc34)CC2)nc1. The number of likely N-dealkylation sites (tertiary alicyclic amines) is 1. The number of nitrogens with one attached hydrogen (secondary N) is 2. The number of fused-ring (bicyclic) bond motifs is 1. The second-order valence-electron chi connectivity index (χ2n) is 9.09. The molecule has 3 aromatic rings. The highest BCUT2D eigenvalue weighted by Gasteiger charge is 2.26. The van der Waals surface area contributed by atoms with Crippen molar-refractivity contribution in [2.45, 2.75) is 31.7 Å². The number of amides is 2. The van der Waals surface area contributed by atoms with Crippen LogP contribution < -0.4 is 15.5 Å². The van der Waals surface area contributed by atoms with Gasteiger partial charge >= 0.3 is 6.01 Å². The minimum Gasteiger partial charge on any atom is -0.463 e. The summed E-state index contributed by atoms with van der Waals surface area (Å²) in [5.41, 5.74) is 3.10. The summed E-state index contributed by atoms with van der Waals surface area (Å²) >= 11 is 0. The quantitative estimate of drug-likeness (QED) is 0.360. The molecular formula is C24H29N7O4. The number of aromatic nitrogens is 4. The van der Waals surface area contributed by atoms with Crippen LogP contribution in [0, 0.1) is 5.92 Å². The number of carbonyl (C=O) groups excluding carboxylic acids is 2. The number of hydrogen-bond donors (Lipinski definition) is 3. The Kier molecular flexibility index (Phi) is 6.87. The van der Waals surface area contributed by atoms with Crippen LogP contribution in [0.5, 0.6) is 6.01 Å². The van der Waals surface area contributed by atoms with Gasteiger partial charge in [0.25, 0.3) is 11.8 Å². The number of carbonyl (C=O) groups is 2. The Hall–Kier alpha value is -3.57. The fraction of sp³-hybridized carbons (Fsp3) is 0.458. The lowest BCUT2D eigenvalue weighted by molar-refractivity contribution is 0.0657. The number of benzene rings is 1. The maximum absolute atomic E-state index is 13.4. The molecule has 0 aliphatic carbocycles. The van der Waals surface area contributed by atoms with Gasteiger partial charge in [-0.15, -0.1) is 0 Å². The van der Waals surface area contributed by atoms with Crippen molar-refractivity contribution in [3.63, 3.8) is 0 Å². The van der Waals surface area contributed by atoms with Crippen LogP contribution in [0.1, 0.15) is 52.4 Å². The predicted octanol–water partition coefficient (Wildman–Crippen LogP) is 1.80. The number of nitrogens with zero attached hydrogens (tertiary/aromatic N) is 5. The summed E-state index contributed by atoms with van der Waals surface area (Å²) in [6.45, 7) is 3.67. The van der Waals surface area contributed by atoms with Gasteiger partial charge in [-0.1, -0.05) is 12.1 Å². The average molecular weight is 480 g/mol. The first-order chi connectivity index (χ1) is 17.1. The molecule has 1 aromatic carbocycles. The first-order valence-electron chi connectivity index (χ1n) is 12.0. The van der Waals surface area contributed by atoms with Gasteiger partial charge in [0.15, 0.2) is 0 Å². The Morgan fingerprint density at radius 1 is 1.17 bits per heavy atom. The lowest BCUT2D eigenvalue weighted by Crippen LogP contribution is -2.39. The summed E-state index contributed by atoms with van der Waals surface area (Å²) in [5, 5.41) is 17.9. The van der Waals surface area contributed by atoms with Crippen molar-refractivity contribution in [3.8, 4) is 6.01 Å². The van der Waals surface area contributed by atoms with E-state index in [1.165, 1.54) is 17.9 Å². The van der Waals surface area contributed by atoms with Crippen LogP contribution in [-0.2, 0) is 0 Å². The van der Waals surface area contributed by atoms with Crippen LogP contribution in [0.4, 0.5) is 0 Å². The summed E-state index contributed by atoms with van der Waals surface area (Å²) < 4.78 is 7.69. The van der Waals surface area contributed by atoms with E-state index in [1.54, 1.807) is 0 Å². The molecule has 35 heavy (non-hydrogen) atoms. The van der Waals surface area contributed by atoms with Crippen LogP contribution in [-0.4, -0.2) is 74.5 Å². The maximum Gasteiger partial charge on any atom is 0.316 e. The molecule has 2 aromatic heterocycles. The van der Waals surface area contributed by atoms with Gasteiger partial charge < -0.3 is 15.0 Å². The van der Waals surface area contributed by atoms with Gasteiger partial charge in [0.05, 0.1) is 23.8 Å². The van der Waals surface area contributed by atoms with Crippen molar-refractivity contribution in [3.05, 3.63) is 47.9 Å². The highest BCUT2D eigenvalue weighted by Crippen LogP contribution is 2.25. The van der Waals surface area contributed by atoms with Crippen LogP contribution in [0.15, 0.2) is 36.8 Å². The molecule has 184 valence electrons. The number of hydrogen-bond acceptors (Lipinski definition) is 8. The molecule has 0 saturated carbocycles. The first-order valence-corrected chi connectivity index (χ1v) is 12.0. The molecule has 2 fully saturated rings. The molecule has 2 aliphatic rings. The zero-order valence-electron chi connectivity index (χ0n) is 19.4. The lowest BCUT2D eigenvalue weighted by Gasteiger charge is -2.31. The molecule has 1 atom stereocenters. The smallest absolute Gasteiger partial charge is 0.316 e. The van der Waals surface area contributed by atoms with Crippen LogP contribution in [0.2, 0.25) is 0 Å². The fourth-order valence-corrected chi connectivity index (χ4v) is 4.72. The summed E-state index contributed by atoms with van der Waals surface area (Å²) in [7, 11) is 0. The Morgan fingerprint density at radius 2 is 1.97 bits per heavy atom. The minimum absolute atomic E-state index is 0.0167. The van der Waals surface area contributed by atoms with E-state index in [-0.39, 0.29) is 23.4 Å². The number of rotatable bonds is 6. The van der Waals surface area contributed by atoms with Crippen molar-refractivity contribution >= 4 is 22.7 Å². The van der Waals surface area contributed by atoms with E-state index in [0.717, 1.165) is 49.7 Å². The highest BCUT2D eigenvalue weighted by molar-refractivity contribution is 6.05. The van der Waals surface area contributed by atoms with Crippen LogP contribution in [0.3, 0.4) is 0 Å². The van der Waals surface area contributed by atoms with Crippen LogP contribution in [0.25, 0.3) is 10.9 Å². The fourth-order valence-electron chi connectivity index (χ4n) is 4.72. The average Bonchev–Trinajstić information content (AvgIpc) is 3.37.